The van der Waals surface area contributed by atoms with E-state index in [0.29, 0.717) is 6.42 Å². The van der Waals surface area contributed by atoms with Crippen LogP contribution in [0.5, 0.6) is 0 Å². The van der Waals surface area contributed by atoms with Gasteiger partial charge in [-0.1, -0.05) is 85.5 Å². The van der Waals surface area contributed by atoms with E-state index in [4.69, 9.17) is 5.11 Å². The quantitative estimate of drug-likeness (QED) is 0.439. The number of carbonyl (C=O) groups is 1. The fourth-order valence-electron chi connectivity index (χ4n) is 2.17. The Labute approximate surface area is 121 Å². The van der Waals surface area contributed by atoms with Crippen molar-refractivity contribution in [2.75, 3.05) is 0 Å². The van der Waals surface area contributed by atoms with E-state index in [0.717, 1.165) is 18.8 Å². The SMILES string of the molecule is CC.CCCCC(C)CCCCCCCCC(=O)O. The average Bonchev–Trinajstić information content (AvgIpc) is 2.41. The molecule has 0 saturated heterocycles. The fourth-order valence-corrected chi connectivity index (χ4v) is 2.17. The maximum atomic E-state index is 10.3. The predicted molar refractivity (Wildman–Crippen MR) is 84.6 cm³/mol. The van der Waals surface area contributed by atoms with Crippen LogP contribution >= 0.6 is 0 Å². The number of hydrogen-bond donors (Lipinski definition) is 1. The van der Waals surface area contributed by atoms with E-state index in [1.165, 1.54) is 51.4 Å². The van der Waals surface area contributed by atoms with Crippen LogP contribution in [-0.4, -0.2) is 11.1 Å². The minimum atomic E-state index is -0.658. The van der Waals surface area contributed by atoms with E-state index in [1.807, 2.05) is 13.8 Å². The van der Waals surface area contributed by atoms with Gasteiger partial charge in [-0.05, 0) is 12.3 Å². The predicted octanol–water partition coefficient (Wildman–Crippen LogP) is 6.04. The van der Waals surface area contributed by atoms with Gasteiger partial charge in [-0.15, -0.1) is 0 Å². The lowest BCUT2D eigenvalue weighted by atomic mass is 9.97. The number of carboxylic acid groups (broad SMARTS) is 1. The van der Waals surface area contributed by atoms with Crippen molar-refractivity contribution >= 4 is 5.97 Å². The van der Waals surface area contributed by atoms with Gasteiger partial charge in [0.25, 0.3) is 0 Å². The summed E-state index contributed by atoms with van der Waals surface area (Å²) in [5.74, 6) is 0.233. The molecule has 0 aliphatic rings. The van der Waals surface area contributed by atoms with Crippen LogP contribution in [0.2, 0.25) is 0 Å². The first-order chi connectivity index (χ1) is 9.16. The van der Waals surface area contributed by atoms with Crippen LogP contribution in [0.1, 0.15) is 98.3 Å². The van der Waals surface area contributed by atoms with Crippen LogP contribution in [0, 0.1) is 5.92 Å². The van der Waals surface area contributed by atoms with Crippen LogP contribution in [-0.2, 0) is 4.79 Å². The second kappa shape index (κ2) is 17.5. The van der Waals surface area contributed by atoms with E-state index in [-0.39, 0.29) is 0 Å². The third-order valence-electron chi connectivity index (χ3n) is 3.39. The van der Waals surface area contributed by atoms with Gasteiger partial charge in [-0.2, -0.15) is 0 Å². The molecule has 0 fully saturated rings. The zero-order valence-corrected chi connectivity index (χ0v) is 13.7. The normalized spacial score (nSPS) is 11.6. The maximum absolute atomic E-state index is 10.3. The minimum absolute atomic E-state index is 0.341. The van der Waals surface area contributed by atoms with Gasteiger partial charge in [0.1, 0.15) is 0 Å². The number of aliphatic carboxylic acids is 1. The number of carboxylic acids is 1. The van der Waals surface area contributed by atoms with E-state index in [2.05, 4.69) is 13.8 Å². The first-order valence-electron chi connectivity index (χ1n) is 8.38. The molecule has 0 radical (unpaired) electrons. The number of unbranched alkanes of at least 4 members (excludes halogenated alkanes) is 6. The molecule has 0 bridgehead atoms. The van der Waals surface area contributed by atoms with Gasteiger partial charge in [-0.3, -0.25) is 4.79 Å². The fraction of sp³-hybridized carbons (Fsp3) is 0.941. The lowest BCUT2D eigenvalue weighted by Gasteiger charge is -2.09. The molecule has 0 rings (SSSR count). The highest BCUT2D eigenvalue weighted by Gasteiger charge is 2.01. The van der Waals surface area contributed by atoms with Crippen LogP contribution in [0.3, 0.4) is 0 Å². The molecule has 2 nitrogen and oxygen atoms in total. The van der Waals surface area contributed by atoms with Crippen molar-refractivity contribution in [1.29, 1.82) is 0 Å². The molecule has 19 heavy (non-hydrogen) atoms. The molecule has 0 aromatic carbocycles. The lowest BCUT2D eigenvalue weighted by molar-refractivity contribution is -0.137. The molecule has 1 N–H and O–H groups in total. The molecule has 0 amide bonds. The molecular weight excluding hydrogens is 236 g/mol. The zero-order chi connectivity index (χ0) is 14.9. The Balaban J connectivity index is 0. The van der Waals surface area contributed by atoms with Gasteiger partial charge in [0.05, 0.1) is 0 Å². The summed E-state index contributed by atoms with van der Waals surface area (Å²) in [5, 5.41) is 8.49. The Bertz CT molecular complexity index is 178. The van der Waals surface area contributed by atoms with Gasteiger partial charge in [0.2, 0.25) is 0 Å². The monoisotopic (exact) mass is 272 g/mol. The Kier molecular flexibility index (Phi) is 19.1. The summed E-state index contributed by atoms with van der Waals surface area (Å²) in [7, 11) is 0. The van der Waals surface area contributed by atoms with Crippen molar-refractivity contribution in [2.24, 2.45) is 5.92 Å². The summed E-state index contributed by atoms with van der Waals surface area (Å²) in [6.45, 7) is 8.62. The molecule has 0 aromatic heterocycles. The molecule has 0 aliphatic carbocycles. The van der Waals surface area contributed by atoms with Crippen molar-refractivity contribution in [2.45, 2.75) is 98.3 Å². The molecule has 116 valence electrons. The Hall–Kier alpha value is -0.530. The summed E-state index contributed by atoms with van der Waals surface area (Å²) in [5.41, 5.74) is 0. The second-order valence-corrected chi connectivity index (χ2v) is 5.30. The summed E-state index contributed by atoms with van der Waals surface area (Å²) in [6.07, 6.45) is 12.9. The number of rotatable bonds is 12. The molecule has 1 atom stereocenters. The standard InChI is InChI=1S/C15H30O2.C2H6/c1-3-4-11-14(2)12-9-7-5-6-8-10-13-15(16)17;1-2/h14H,3-13H2,1-2H3,(H,16,17);1-2H3. The smallest absolute Gasteiger partial charge is 0.303 e. The topological polar surface area (TPSA) is 37.3 Å². The van der Waals surface area contributed by atoms with Crippen LogP contribution < -0.4 is 0 Å². The zero-order valence-electron chi connectivity index (χ0n) is 13.7. The molecule has 1 unspecified atom stereocenters. The highest BCUT2D eigenvalue weighted by molar-refractivity contribution is 5.66. The van der Waals surface area contributed by atoms with E-state index in [1.54, 1.807) is 0 Å². The van der Waals surface area contributed by atoms with Gasteiger partial charge in [0, 0.05) is 6.42 Å². The van der Waals surface area contributed by atoms with E-state index < -0.39 is 5.97 Å². The first kappa shape index (κ1) is 20.8. The molecule has 0 saturated carbocycles. The van der Waals surface area contributed by atoms with Crippen molar-refractivity contribution in [1.82, 2.24) is 0 Å². The van der Waals surface area contributed by atoms with Crippen molar-refractivity contribution in [3.05, 3.63) is 0 Å². The molecular formula is C17H36O2. The average molecular weight is 272 g/mol. The van der Waals surface area contributed by atoms with E-state index >= 15 is 0 Å². The summed E-state index contributed by atoms with van der Waals surface area (Å²) < 4.78 is 0. The number of hydrogen-bond acceptors (Lipinski definition) is 1. The largest absolute Gasteiger partial charge is 0.481 e. The highest BCUT2D eigenvalue weighted by Crippen LogP contribution is 2.16. The Morgan fingerprint density at radius 2 is 1.37 bits per heavy atom. The second-order valence-electron chi connectivity index (χ2n) is 5.30. The minimum Gasteiger partial charge on any atom is -0.481 e. The summed E-state index contributed by atoms with van der Waals surface area (Å²) >= 11 is 0. The third kappa shape index (κ3) is 20.0. The highest BCUT2D eigenvalue weighted by atomic mass is 16.4. The molecule has 0 aromatic rings. The Morgan fingerprint density at radius 3 is 1.89 bits per heavy atom. The third-order valence-corrected chi connectivity index (χ3v) is 3.39. The van der Waals surface area contributed by atoms with Gasteiger partial charge in [0.15, 0.2) is 0 Å². The molecule has 0 heterocycles. The van der Waals surface area contributed by atoms with Crippen LogP contribution in [0.15, 0.2) is 0 Å². The van der Waals surface area contributed by atoms with Crippen molar-refractivity contribution in [3.63, 3.8) is 0 Å². The van der Waals surface area contributed by atoms with E-state index in [9.17, 15) is 4.79 Å². The van der Waals surface area contributed by atoms with Crippen molar-refractivity contribution < 1.29 is 9.90 Å². The van der Waals surface area contributed by atoms with Gasteiger partial charge < -0.3 is 5.11 Å². The molecule has 2 heteroatoms. The lowest BCUT2D eigenvalue weighted by Crippen LogP contribution is -1.95. The van der Waals surface area contributed by atoms with Crippen LogP contribution in [0.25, 0.3) is 0 Å². The Morgan fingerprint density at radius 1 is 0.895 bits per heavy atom. The maximum Gasteiger partial charge on any atom is 0.303 e. The first-order valence-corrected chi connectivity index (χ1v) is 8.38. The summed E-state index contributed by atoms with van der Waals surface area (Å²) in [4.78, 5) is 10.3. The van der Waals surface area contributed by atoms with Gasteiger partial charge >= 0.3 is 5.97 Å². The van der Waals surface area contributed by atoms with Gasteiger partial charge in [-0.25, -0.2) is 0 Å². The summed E-state index contributed by atoms with van der Waals surface area (Å²) in [6, 6.07) is 0. The van der Waals surface area contributed by atoms with Crippen molar-refractivity contribution in [3.8, 4) is 0 Å². The molecule has 0 aliphatic heterocycles. The van der Waals surface area contributed by atoms with Crippen LogP contribution in [0.4, 0.5) is 0 Å². The molecule has 0 spiro atoms.